The molecule has 110 valence electrons. The lowest BCUT2D eigenvalue weighted by molar-refractivity contribution is 0.473. The minimum absolute atomic E-state index is 0.241. The van der Waals surface area contributed by atoms with Crippen LogP contribution < -0.4 is 0 Å². The molecular weight excluding hydrogens is 250 g/mol. The quantitative estimate of drug-likeness (QED) is 0.696. The van der Waals surface area contributed by atoms with Crippen LogP contribution in [0.3, 0.4) is 0 Å². The van der Waals surface area contributed by atoms with Crippen LogP contribution in [-0.2, 0) is 0 Å². The molecule has 0 heterocycles. The Balaban J connectivity index is 0. The lowest BCUT2D eigenvalue weighted by Crippen LogP contribution is -2.22. The number of nitriles is 3. The van der Waals surface area contributed by atoms with Gasteiger partial charge in [0.25, 0.3) is 0 Å². The molecule has 0 aliphatic carbocycles. The summed E-state index contributed by atoms with van der Waals surface area (Å²) >= 11 is 0. The normalized spacial score (nSPS) is 17.4. The Hall–Kier alpha value is -1.93. The maximum Gasteiger partial charge on any atom is 0.164 e. The van der Waals surface area contributed by atoms with E-state index in [1.165, 1.54) is 0 Å². The first kappa shape index (κ1) is 20.4. The van der Waals surface area contributed by atoms with E-state index in [-0.39, 0.29) is 5.92 Å². The van der Waals surface area contributed by atoms with E-state index in [2.05, 4.69) is 28.4 Å². The predicted octanol–water partition coefficient (Wildman–Crippen LogP) is 4.38. The van der Waals surface area contributed by atoms with E-state index in [0.717, 1.165) is 6.42 Å². The van der Waals surface area contributed by atoms with Gasteiger partial charge in [-0.3, -0.25) is 0 Å². The molecule has 5 heteroatoms. The van der Waals surface area contributed by atoms with Crippen molar-refractivity contribution in [2.45, 2.75) is 71.9 Å². The Kier molecular flexibility index (Phi) is 10.1. The molecule has 0 amide bonds. The summed E-state index contributed by atoms with van der Waals surface area (Å²) in [6, 6.07) is 6.27. The third-order valence-electron chi connectivity index (χ3n) is 3.18. The number of azo groups is 1. The molecule has 0 aromatic heterocycles. The van der Waals surface area contributed by atoms with Crippen LogP contribution in [0.4, 0.5) is 0 Å². The third kappa shape index (κ3) is 8.22. The second-order valence-electron chi connectivity index (χ2n) is 5.12. The highest BCUT2D eigenvalue weighted by Gasteiger charge is 2.25. The third-order valence-corrected chi connectivity index (χ3v) is 3.18. The zero-order valence-corrected chi connectivity index (χ0v) is 13.4. The van der Waals surface area contributed by atoms with E-state index in [4.69, 9.17) is 15.8 Å². The van der Waals surface area contributed by atoms with Gasteiger partial charge in [0.15, 0.2) is 11.1 Å². The molecule has 0 aromatic rings. The molecule has 0 saturated heterocycles. The highest BCUT2D eigenvalue weighted by molar-refractivity contribution is 5.06. The minimum Gasteiger partial charge on any atom is -0.198 e. The first-order valence-corrected chi connectivity index (χ1v) is 6.92. The minimum atomic E-state index is -0.798. The van der Waals surface area contributed by atoms with Gasteiger partial charge >= 0.3 is 0 Å². The summed E-state index contributed by atoms with van der Waals surface area (Å²) in [4.78, 5) is 0. The Morgan fingerprint density at radius 2 is 1.25 bits per heavy atom. The summed E-state index contributed by atoms with van der Waals surface area (Å²) in [7, 11) is 0. The van der Waals surface area contributed by atoms with Crippen LogP contribution in [-0.4, -0.2) is 11.1 Å². The fraction of sp³-hybridized carbons (Fsp3) is 0.800. The molecule has 0 spiro atoms. The van der Waals surface area contributed by atoms with Crippen molar-refractivity contribution in [3.8, 4) is 18.2 Å². The molecule has 20 heavy (non-hydrogen) atoms. The summed E-state index contributed by atoms with van der Waals surface area (Å²) < 4.78 is 0. The van der Waals surface area contributed by atoms with Crippen molar-refractivity contribution in [2.75, 3.05) is 0 Å². The average molecular weight is 275 g/mol. The van der Waals surface area contributed by atoms with E-state index < -0.39 is 11.1 Å². The first-order chi connectivity index (χ1) is 9.26. The number of rotatable bonds is 5. The molecule has 0 radical (unpaired) electrons. The molecule has 5 nitrogen and oxygen atoms in total. The van der Waals surface area contributed by atoms with Crippen molar-refractivity contribution in [1.82, 2.24) is 0 Å². The van der Waals surface area contributed by atoms with Crippen molar-refractivity contribution in [2.24, 2.45) is 16.1 Å². The maximum absolute atomic E-state index is 8.84. The summed E-state index contributed by atoms with van der Waals surface area (Å²) in [5.41, 5.74) is -1.60. The van der Waals surface area contributed by atoms with Crippen LogP contribution in [0.5, 0.6) is 0 Å². The van der Waals surface area contributed by atoms with Gasteiger partial charge in [0.05, 0.1) is 18.2 Å². The van der Waals surface area contributed by atoms with Gasteiger partial charge in [-0.25, -0.2) is 0 Å². The SMILES string of the molecule is CCC(C)(C#N)N=NC(C)(C#N)CC.CCC(C)C#N. The number of hydrogen-bond donors (Lipinski definition) is 0. The Labute approximate surface area is 122 Å². The van der Waals surface area contributed by atoms with Crippen molar-refractivity contribution in [3.05, 3.63) is 0 Å². The average Bonchev–Trinajstić information content (AvgIpc) is 2.51. The van der Waals surface area contributed by atoms with Crippen LogP contribution in [0.25, 0.3) is 0 Å². The van der Waals surface area contributed by atoms with Crippen LogP contribution >= 0.6 is 0 Å². The summed E-state index contributed by atoms with van der Waals surface area (Å²) in [5.74, 6) is 0.241. The smallest absolute Gasteiger partial charge is 0.164 e. The van der Waals surface area contributed by atoms with Gasteiger partial charge in [0.1, 0.15) is 0 Å². The molecule has 0 aromatic carbocycles. The van der Waals surface area contributed by atoms with Gasteiger partial charge in [0.2, 0.25) is 0 Å². The predicted molar refractivity (Wildman–Crippen MR) is 78.5 cm³/mol. The summed E-state index contributed by atoms with van der Waals surface area (Å²) in [6.07, 6.45) is 2.16. The van der Waals surface area contributed by atoms with Crippen molar-refractivity contribution < 1.29 is 0 Å². The topological polar surface area (TPSA) is 96.1 Å². The highest BCUT2D eigenvalue weighted by Crippen LogP contribution is 2.20. The van der Waals surface area contributed by atoms with Gasteiger partial charge in [-0.05, 0) is 40.0 Å². The molecule has 0 aliphatic heterocycles. The largest absolute Gasteiger partial charge is 0.198 e. The molecule has 0 rings (SSSR count). The monoisotopic (exact) mass is 275 g/mol. The fourth-order valence-corrected chi connectivity index (χ4v) is 0.656. The van der Waals surface area contributed by atoms with Gasteiger partial charge < -0.3 is 0 Å². The van der Waals surface area contributed by atoms with Gasteiger partial charge in [-0.1, -0.05) is 20.8 Å². The first-order valence-electron chi connectivity index (χ1n) is 6.92. The lowest BCUT2D eigenvalue weighted by Gasteiger charge is -2.16. The zero-order chi connectivity index (χ0) is 16.2. The highest BCUT2D eigenvalue weighted by atomic mass is 15.2. The van der Waals surface area contributed by atoms with Crippen LogP contribution in [0.1, 0.15) is 60.8 Å². The molecule has 3 atom stereocenters. The maximum atomic E-state index is 8.84. The van der Waals surface area contributed by atoms with Crippen LogP contribution in [0.15, 0.2) is 10.2 Å². The lowest BCUT2D eigenvalue weighted by atomic mass is 10.0. The standard InChI is InChI=1S/C10H16N4.C5H9N/c1-5-9(3,7-11)13-14-10(4,6-2)8-12;1-3-5(2)4-6/h5-6H2,1-4H3;5H,3H2,1-2H3. The summed E-state index contributed by atoms with van der Waals surface area (Å²) in [5, 5.41) is 33.7. The van der Waals surface area contributed by atoms with E-state index >= 15 is 0 Å². The van der Waals surface area contributed by atoms with E-state index in [9.17, 15) is 0 Å². The number of nitrogens with zero attached hydrogens (tertiary/aromatic N) is 5. The van der Waals surface area contributed by atoms with Gasteiger partial charge in [-0.2, -0.15) is 26.0 Å². The Morgan fingerprint density at radius 1 is 0.900 bits per heavy atom. The Bertz CT molecular complexity index is 393. The molecule has 0 fully saturated rings. The summed E-state index contributed by atoms with van der Waals surface area (Å²) in [6.45, 7) is 11.1. The van der Waals surface area contributed by atoms with E-state index in [1.807, 2.05) is 27.7 Å². The molecule has 0 saturated carbocycles. The Morgan fingerprint density at radius 3 is 1.35 bits per heavy atom. The van der Waals surface area contributed by atoms with Crippen LogP contribution in [0, 0.1) is 39.9 Å². The molecule has 0 bridgehead atoms. The van der Waals surface area contributed by atoms with Crippen LogP contribution in [0.2, 0.25) is 0 Å². The van der Waals surface area contributed by atoms with E-state index in [1.54, 1.807) is 13.8 Å². The van der Waals surface area contributed by atoms with Crippen molar-refractivity contribution in [3.63, 3.8) is 0 Å². The second kappa shape index (κ2) is 9.93. The van der Waals surface area contributed by atoms with Gasteiger partial charge in [-0.15, -0.1) is 0 Å². The van der Waals surface area contributed by atoms with Crippen molar-refractivity contribution in [1.29, 1.82) is 15.8 Å². The second-order valence-corrected chi connectivity index (χ2v) is 5.12. The zero-order valence-electron chi connectivity index (χ0n) is 13.4. The molecular formula is C15H25N5. The van der Waals surface area contributed by atoms with Crippen molar-refractivity contribution >= 4 is 0 Å². The van der Waals surface area contributed by atoms with E-state index in [0.29, 0.717) is 12.8 Å². The molecule has 3 unspecified atom stereocenters. The van der Waals surface area contributed by atoms with Gasteiger partial charge in [0, 0.05) is 5.92 Å². The number of hydrogen-bond acceptors (Lipinski definition) is 5. The fourth-order valence-electron chi connectivity index (χ4n) is 0.656. The molecule has 0 N–H and O–H groups in total. The molecule has 0 aliphatic rings.